The summed E-state index contributed by atoms with van der Waals surface area (Å²) in [6.07, 6.45) is 1.41. The standard InChI is InChI=1S/C12H17N5O2S/c1-4-17-7-11(12(13)15-17)20(18,19)16-10-6-5-8(2)14-9(10)3/h5-7,16H,4H2,1-3H3,(H2,13,15). The van der Waals surface area contributed by atoms with Crippen molar-refractivity contribution in [2.24, 2.45) is 0 Å². The van der Waals surface area contributed by atoms with Crippen LogP contribution in [0, 0.1) is 13.8 Å². The van der Waals surface area contributed by atoms with Gasteiger partial charge in [0.05, 0.1) is 11.4 Å². The van der Waals surface area contributed by atoms with Crippen LogP contribution in [0.15, 0.2) is 23.2 Å². The number of aromatic nitrogens is 3. The Hall–Kier alpha value is -2.09. The maximum absolute atomic E-state index is 12.3. The van der Waals surface area contributed by atoms with Crippen molar-refractivity contribution in [2.75, 3.05) is 10.5 Å². The zero-order valence-electron chi connectivity index (χ0n) is 11.6. The van der Waals surface area contributed by atoms with Gasteiger partial charge in [-0.3, -0.25) is 14.4 Å². The maximum atomic E-state index is 12.3. The average molecular weight is 295 g/mol. The molecular formula is C12H17N5O2S. The van der Waals surface area contributed by atoms with Crippen LogP contribution in [0.25, 0.3) is 0 Å². The molecule has 20 heavy (non-hydrogen) atoms. The topological polar surface area (TPSA) is 103 Å². The first kappa shape index (κ1) is 14.3. The van der Waals surface area contributed by atoms with E-state index in [1.807, 2.05) is 13.8 Å². The van der Waals surface area contributed by atoms with E-state index in [-0.39, 0.29) is 10.7 Å². The molecule has 0 atom stereocenters. The minimum atomic E-state index is -3.77. The molecule has 108 valence electrons. The van der Waals surface area contributed by atoms with Gasteiger partial charge in [-0.25, -0.2) is 8.42 Å². The predicted octanol–water partition coefficient (Wildman–Crippen LogP) is 1.30. The monoisotopic (exact) mass is 295 g/mol. The first-order chi connectivity index (χ1) is 9.33. The molecule has 3 N–H and O–H groups in total. The summed E-state index contributed by atoms with van der Waals surface area (Å²) in [5.41, 5.74) is 7.51. The number of hydrogen-bond donors (Lipinski definition) is 2. The quantitative estimate of drug-likeness (QED) is 0.885. The molecular weight excluding hydrogens is 278 g/mol. The fourth-order valence-corrected chi connectivity index (χ4v) is 2.97. The summed E-state index contributed by atoms with van der Waals surface area (Å²) in [7, 11) is -3.77. The number of pyridine rings is 1. The number of sulfonamides is 1. The van der Waals surface area contributed by atoms with E-state index in [9.17, 15) is 8.42 Å². The second kappa shape index (κ2) is 5.12. The molecule has 7 nitrogen and oxygen atoms in total. The summed E-state index contributed by atoms with van der Waals surface area (Å²) in [6.45, 7) is 5.98. The molecule has 2 rings (SSSR count). The van der Waals surface area contributed by atoms with Crippen molar-refractivity contribution in [3.8, 4) is 0 Å². The molecule has 2 aromatic rings. The number of nitrogens with two attached hydrogens (primary N) is 1. The van der Waals surface area contributed by atoms with Crippen molar-refractivity contribution in [3.05, 3.63) is 29.7 Å². The molecule has 0 saturated heterocycles. The Labute approximate surface area is 117 Å². The molecule has 0 amide bonds. The van der Waals surface area contributed by atoms with Gasteiger partial charge in [-0.2, -0.15) is 5.10 Å². The van der Waals surface area contributed by atoms with E-state index in [1.54, 1.807) is 19.1 Å². The molecule has 2 heterocycles. The summed E-state index contributed by atoms with van der Waals surface area (Å²) < 4.78 is 28.6. The third kappa shape index (κ3) is 2.74. The molecule has 8 heteroatoms. The normalized spacial score (nSPS) is 11.6. The fourth-order valence-electron chi connectivity index (χ4n) is 1.78. The number of rotatable bonds is 4. The lowest BCUT2D eigenvalue weighted by Gasteiger charge is -2.09. The number of nitrogen functional groups attached to an aromatic ring is 1. The molecule has 0 aromatic carbocycles. The van der Waals surface area contributed by atoms with Crippen LogP contribution in [0.2, 0.25) is 0 Å². The van der Waals surface area contributed by atoms with Gasteiger partial charge in [0.1, 0.15) is 4.90 Å². The number of nitrogens with one attached hydrogen (secondary N) is 1. The van der Waals surface area contributed by atoms with E-state index in [2.05, 4.69) is 14.8 Å². The summed E-state index contributed by atoms with van der Waals surface area (Å²) in [4.78, 5) is 4.19. The molecule has 0 bridgehead atoms. The van der Waals surface area contributed by atoms with E-state index in [1.165, 1.54) is 10.9 Å². The lowest BCUT2D eigenvalue weighted by molar-refractivity contribution is 0.600. The van der Waals surface area contributed by atoms with Gasteiger partial charge in [0.15, 0.2) is 5.82 Å². The van der Waals surface area contributed by atoms with Crippen molar-refractivity contribution >= 4 is 21.5 Å². The van der Waals surface area contributed by atoms with Gasteiger partial charge >= 0.3 is 0 Å². The molecule has 0 unspecified atom stereocenters. The van der Waals surface area contributed by atoms with Crippen LogP contribution in [0.4, 0.5) is 11.5 Å². The number of hydrogen-bond acceptors (Lipinski definition) is 5. The Bertz CT molecular complexity index is 736. The van der Waals surface area contributed by atoms with Crippen LogP contribution in [0.3, 0.4) is 0 Å². The second-order valence-corrected chi connectivity index (χ2v) is 6.08. The van der Waals surface area contributed by atoms with Crippen molar-refractivity contribution < 1.29 is 8.42 Å². The van der Waals surface area contributed by atoms with Gasteiger partial charge in [0.2, 0.25) is 0 Å². The smallest absolute Gasteiger partial charge is 0.267 e. The van der Waals surface area contributed by atoms with Crippen molar-refractivity contribution in [1.82, 2.24) is 14.8 Å². The minimum Gasteiger partial charge on any atom is -0.381 e. The predicted molar refractivity (Wildman–Crippen MR) is 76.8 cm³/mol. The van der Waals surface area contributed by atoms with Gasteiger partial charge in [-0.15, -0.1) is 0 Å². The van der Waals surface area contributed by atoms with Crippen molar-refractivity contribution in [3.63, 3.8) is 0 Å². The highest BCUT2D eigenvalue weighted by molar-refractivity contribution is 7.92. The summed E-state index contributed by atoms with van der Waals surface area (Å²) >= 11 is 0. The third-order valence-corrected chi connectivity index (χ3v) is 4.22. The summed E-state index contributed by atoms with van der Waals surface area (Å²) in [5, 5.41) is 3.93. The minimum absolute atomic E-state index is 0.0166. The largest absolute Gasteiger partial charge is 0.381 e. The molecule has 0 aliphatic carbocycles. The van der Waals surface area contributed by atoms with Crippen LogP contribution in [-0.4, -0.2) is 23.2 Å². The highest BCUT2D eigenvalue weighted by Gasteiger charge is 2.21. The van der Waals surface area contributed by atoms with Gasteiger partial charge in [-0.1, -0.05) is 0 Å². The van der Waals surface area contributed by atoms with E-state index < -0.39 is 10.0 Å². The van der Waals surface area contributed by atoms with Gasteiger partial charge in [0, 0.05) is 18.4 Å². The van der Waals surface area contributed by atoms with Crippen LogP contribution in [-0.2, 0) is 16.6 Å². The van der Waals surface area contributed by atoms with Crippen molar-refractivity contribution in [1.29, 1.82) is 0 Å². The summed E-state index contributed by atoms with van der Waals surface area (Å²) in [5.74, 6) is -0.0166. The highest BCUT2D eigenvalue weighted by atomic mass is 32.2. The summed E-state index contributed by atoms with van der Waals surface area (Å²) in [6, 6.07) is 3.42. The maximum Gasteiger partial charge on any atom is 0.267 e. The van der Waals surface area contributed by atoms with Gasteiger partial charge in [0.25, 0.3) is 10.0 Å². The number of anilines is 2. The zero-order valence-corrected chi connectivity index (χ0v) is 12.4. The molecule has 2 aromatic heterocycles. The first-order valence-corrected chi connectivity index (χ1v) is 7.62. The van der Waals surface area contributed by atoms with Crippen LogP contribution < -0.4 is 10.5 Å². The lowest BCUT2D eigenvalue weighted by atomic mass is 10.3. The Balaban J connectivity index is 2.38. The van der Waals surface area contributed by atoms with Gasteiger partial charge in [-0.05, 0) is 32.9 Å². The van der Waals surface area contributed by atoms with Crippen molar-refractivity contribution in [2.45, 2.75) is 32.2 Å². The van der Waals surface area contributed by atoms with Crippen LogP contribution in [0.1, 0.15) is 18.3 Å². The molecule has 0 aliphatic rings. The number of aryl methyl sites for hydroxylation is 3. The third-order valence-electron chi connectivity index (χ3n) is 2.84. The van der Waals surface area contributed by atoms with Crippen LogP contribution >= 0.6 is 0 Å². The molecule has 0 saturated carbocycles. The van der Waals surface area contributed by atoms with E-state index >= 15 is 0 Å². The van der Waals surface area contributed by atoms with E-state index in [4.69, 9.17) is 5.73 Å². The lowest BCUT2D eigenvalue weighted by Crippen LogP contribution is -2.15. The molecule has 0 spiro atoms. The fraction of sp³-hybridized carbons (Fsp3) is 0.333. The average Bonchev–Trinajstić information content (AvgIpc) is 2.75. The molecule has 0 radical (unpaired) electrons. The Morgan fingerprint density at radius 3 is 2.60 bits per heavy atom. The van der Waals surface area contributed by atoms with E-state index in [0.29, 0.717) is 17.9 Å². The Kier molecular flexibility index (Phi) is 3.67. The van der Waals surface area contributed by atoms with Crippen LogP contribution in [0.5, 0.6) is 0 Å². The first-order valence-electron chi connectivity index (χ1n) is 6.13. The molecule has 0 fully saturated rings. The second-order valence-electron chi connectivity index (χ2n) is 4.43. The Morgan fingerprint density at radius 1 is 1.35 bits per heavy atom. The Morgan fingerprint density at radius 2 is 2.05 bits per heavy atom. The van der Waals surface area contributed by atoms with Gasteiger partial charge < -0.3 is 5.73 Å². The zero-order chi connectivity index (χ0) is 14.9. The van der Waals surface area contributed by atoms with E-state index in [0.717, 1.165) is 5.69 Å². The number of nitrogens with zero attached hydrogens (tertiary/aromatic N) is 3. The SMILES string of the molecule is CCn1cc(S(=O)(=O)Nc2ccc(C)nc2C)c(N)n1. The highest BCUT2D eigenvalue weighted by Crippen LogP contribution is 2.22. The molecule has 0 aliphatic heterocycles.